The van der Waals surface area contributed by atoms with Crippen LogP contribution in [0.1, 0.15) is 29.8 Å². The number of hydrogen-bond donors (Lipinski definition) is 2. The molecule has 0 bridgehead atoms. The number of nitrogens with zero attached hydrogens (tertiary/aromatic N) is 4. The highest BCUT2D eigenvalue weighted by Crippen LogP contribution is 2.47. The smallest absolute Gasteiger partial charge is 0.396 e. The van der Waals surface area contributed by atoms with Crippen molar-refractivity contribution in [3.05, 3.63) is 53.6 Å². The molecule has 0 radical (unpaired) electrons. The van der Waals surface area contributed by atoms with Crippen molar-refractivity contribution in [1.82, 2.24) is 20.3 Å². The zero-order valence-electron chi connectivity index (χ0n) is 16.2. The minimum atomic E-state index is -4.54. The number of nitrogen functional groups attached to an aromatic ring is 1. The third-order valence-corrected chi connectivity index (χ3v) is 5.97. The Morgan fingerprint density at radius 2 is 1.87 bits per heavy atom. The third-order valence-electron chi connectivity index (χ3n) is 5.97. The first kappa shape index (κ1) is 19.0. The molecule has 1 saturated heterocycles. The SMILES string of the molecule is Nc1c(N2CCNCC23CC3)cc(C(F)(F)F)nc1Cc1ccc2nccnc2c1. The van der Waals surface area contributed by atoms with Gasteiger partial charge in [-0.15, -0.1) is 0 Å². The average molecular weight is 414 g/mol. The van der Waals surface area contributed by atoms with Gasteiger partial charge in [0.1, 0.15) is 5.69 Å². The van der Waals surface area contributed by atoms with Gasteiger partial charge < -0.3 is 16.0 Å². The van der Waals surface area contributed by atoms with Crippen LogP contribution >= 0.6 is 0 Å². The summed E-state index contributed by atoms with van der Waals surface area (Å²) in [5.74, 6) is 0. The predicted molar refractivity (Wildman–Crippen MR) is 108 cm³/mol. The molecule has 156 valence electrons. The van der Waals surface area contributed by atoms with Crippen LogP contribution in [0.4, 0.5) is 24.5 Å². The maximum atomic E-state index is 13.6. The van der Waals surface area contributed by atoms with Crippen LogP contribution < -0.4 is 16.0 Å². The Bertz CT molecular complexity index is 1110. The summed E-state index contributed by atoms with van der Waals surface area (Å²) in [5, 5.41) is 3.34. The van der Waals surface area contributed by atoms with Crippen LogP contribution in [0.2, 0.25) is 0 Å². The van der Waals surface area contributed by atoms with E-state index in [9.17, 15) is 13.2 Å². The molecule has 3 aromatic rings. The molecule has 1 saturated carbocycles. The number of rotatable bonds is 3. The van der Waals surface area contributed by atoms with Crippen LogP contribution in [0.5, 0.6) is 0 Å². The van der Waals surface area contributed by atoms with Gasteiger partial charge in [-0.25, -0.2) is 4.98 Å². The largest absolute Gasteiger partial charge is 0.433 e. The Morgan fingerprint density at radius 1 is 1.10 bits per heavy atom. The van der Waals surface area contributed by atoms with Crippen molar-refractivity contribution in [2.75, 3.05) is 30.3 Å². The monoisotopic (exact) mass is 414 g/mol. The fourth-order valence-corrected chi connectivity index (χ4v) is 4.22. The van der Waals surface area contributed by atoms with Crippen molar-refractivity contribution >= 4 is 22.4 Å². The number of nitrogens with two attached hydrogens (primary N) is 1. The zero-order valence-corrected chi connectivity index (χ0v) is 16.2. The highest BCUT2D eigenvalue weighted by Gasteiger charge is 2.50. The van der Waals surface area contributed by atoms with Crippen molar-refractivity contribution in [3.8, 4) is 0 Å². The quantitative estimate of drug-likeness (QED) is 0.686. The molecule has 2 fully saturated rings. The Morgan fingerprint density at radius 3 is 2.60 bits per heavy atom. The standard InChI is InChI=1S/C21H21F3N6/c22-21(23,24)18-11-17(30-8-7-26-12-20(30)3-4-20)19(25)16(29-18)10-13-1-2-14-15(9-13)28-6-5-27-14/h1-2,5-6,9,11,26H,3-4,7-8,10,12,25H2. The molecule has 6 nitrogen and oxygen atoms in total. The van der Waals surface area contributed by atoms with E-state index in [4.69, 9.17) is 5.73 Å². The lowest BCUT2D eigenvalue weighted by Gasteiger charge is -2.39. The molecule has 3 N–H and O–H groups in total. The molecular weight excluding hydrogens is 393 g/mol. The molecule has 2 aromatic heterocycles. The van der Waals surface area contributed by atoms with E-state index in [1.54, 1.807) is 18.5 Å². The molecule has 1 aliphatic heterocycles. The summed E-state index contributed by atoms with van der Waals surface area (Å²) in [5.41, 5.74) is 8.56. The first-order valence-corrected chi connectivity index (χ1v) is 9.90. The number of benzene rings is 1. The molecule has 3 heterocycles. The van der Waals surface area contributed by atoms with E-state index in [1.165, 1.54) is 0 Å². The molecule has 0 unspecified atom stereocenters. The fourth-order valence-electron chi connectivity index (χ4n) is 4.22. The van der Waals surface area contributed by atoms with Crippen LogP contribution in [0.15, 0.2) is 36.7 Å². The van der Waals surface area contributed by atoms with Gasteiger partial charge in [-0.1, -0.05) is 6.07 Å². The Balaban J connectivity index is 1.58. The number of aromatic nitrogens is 3. The highest BCUT2D eigenvalue weighted by atomic mass is 19.4. The van der Waals surface area contributed by atoms with Crippen molar-refractivity contribution < 1.29 is 13.2 Å². The van der Waals surface area contributed by atoms with Gasteiger partial charge in [0.25, 0.3) is 0 Å². The lowest BCUT2D eigenvalue weighted by atomic mass is 10.0. The first-order chi connectivity index (χ1) is 14.4. The van der Waals surface area contributed by atoms with Crippen LogP contribution in [-0.4, -0.2) is 40.1 Å². The zero-order chi connectivity index (χ0) is 20.9. The number of halogens is 3. The average Bonchev–Trinajstić information content (AvgIpc) is 3.49. The van der Waals surface area contributed by atoms with Crippen molar-refractivity contribution in [1.29, 1.82) is 0 Å². The lowest BCUT2D eigenvalue weighted by molar-refractivity contribution is -0.141. The Labute approximate surface area is 171 Å². The molecule has 1 aromatic carbocycles. The van der Waals surface area contributed by atoms with Gasteiger partial charge in [0.2, 0.25) is 0 Å². The maximum Gasteiger partial charge on any atom is 0.433 e. The van der Waals surface area contributed by atoms with Gasteiger partial charge in [-0.2, -0.15) is 13.2 Å². The van der Waals surface area contributed by atoms with Gasteiger partial charge in [0.05, 0.1) is 33.6 Å². The predicted octanol–water partition coefficient (Wildman–Crippen LogP) is 3.16. The summed E-state index contributed by atoms with van der Waals surface area (Å²) in [4.78, 5) is 14.5. The van der Waals surface area contributed by atoms with Crippen molar-refractivity contribution in [2.24, 2.45) is 0 Å². The summed E-state index contributed by atoms with van der Waals surface area (Å²) >= 11 is 0. The molecule has 9 heteroatoms. The van der Waals surface area contributed by atoms with Gasteiger partial charge in [-0.05, 0) is 36.6 Å². The molecule has 5 rings (SSSR count). The summed E-state index contributed by atoms with van der Waals surface area (Å²) in [6.07, 6.45) is 0.719. The minimum Gasteiger partial charge on any atom is -0.396 e. The van der Waals surface area contributed by atoms with E-state index in [1.807, 2.05) is 17.0 Å². The molecule has 1 aliphatic carbocycles. The van der Waals surface area contributed by atoms with E-state index < -0.39 is 11.9 Å². The second-order valence-corrected chi connectivity index (χ2v) is 7.99. The van der Waals surface area contributed by atoms with E-state index in [-0.39, 0.29) is 17.7 Å². The Kier molecular flexibility index (Phi) is 4.32. The molecule has 0 atom stereocenters. The second-order valence-electron chi connectivity index (χ2n) is 7.99. The number of nitrogens with one attached hydrogen (secondary N) is 1. The third kappa shape index (κ3) is 3.32. The summed E-state index contributed by atoms with van der Waals surface area (Å²) in [7, 11) is 0. The molecule has 0 amide bonds. The van der Waals surface area contributed by atoms with Crippen molar-refractivity contribution in [2.45, 2.75) is 31.0 Å². The van der Waals surface area contributed by atoms with Crippen LogP contribution in [-0.2, 0) is 12.6 Å². The minimum absolute atomic E-state index is 0.133. The number of piperazine rings is 1. The highest BCUT2D eigenvalue weighted by molar-refractivity contribution is 5.76. The number of fused-ring (bicyclic) bond motifs is 1. The van der Waals surface area contributed by atoms with Gasteiger partial charge in [-0.3, -0.25) is 9.97 Å². The number of anilines is 2. The van der Waals surface area contributed by atoms with Gasteiger partial charge in [0.15, 0.2) is 0 Å². The lowest BCUT2D eigenvalue weighted by Crippen LogP contribution is -2.53. The van der Waals surface area contributed by atoms with Crippen LogP contribution in [0.25, 0.3) is 11.0 Å². The van der Waals surface area contributed by atoms with Gasteiger partial charge >= 0.3 is 6.18 Å². The van der Waals surface area contributed by atoms with Crippen LogP contribution in [0.3, 0.4) is 0 Å². The van der Waals surface area contributed by atoms with E-state index >= 15 is 0 Å². The van der Waals surface area contributed by atoms with E-state index in [0.29, 0.717) is 30.0 Å². The maximum absolute atomic E-state index is 13.6. The van der Waals surface area contributed by atoms with Gasteiger partial charge in [0, 0.05) is 38.4 Å². The summed E-state index contributed by atoms with van der Waals surface area (Å²) in [6.45, 7) is 2.09. The number of pyridine rings is 1. The number of alkyl halides is 3. The van der Waals surface area contributed by atoms with Crippen molar-refractivity contribution in [3.63, 3.8) is 0 Å². The fraction of sp³-hybridized carbons (Fsp3) is 0.381. The molecule has 1 spiro atoms. The molecule has 2 aliphatic rings. The topological polar surface area (TPSA) is 80.0 Å². The molecule has 30 heavy (non-hydrogen) atoms. The van der Waals surface area contributed by atoms with E-state index in [0.717, 1.165) is 36.5 Å². The number of hydrogen-bond acceptors (Lipinski definition) is 6. The summed E-state index contributed by atoms with van der Waals surface area (Å²) in [6, 6.07) is 6.55. The summed E-state index contributed by atoms with van der Waals surface area (Å²) < 4.78 is 40.9. The Hall–Kier alpha value is -2.94. The second kappa shape index (κ2) is 6.80. The van der Waals surface area contributed by atoms with E-state index in [2.05, 4.69) is 20.3 Å². The van der Waals surface area contributed by atoms with Crippen LogP contribution in [0, 0.1) is 0 Å². The normalized spacial score (nSPS) is 18.2. The first-order valence-electron chi connectivity index (χ1n) is 9.90. The molecular formula is C21H21F3N6.